The summed E-state index contributed by atoms with van der Waals surface area (Å²) in [5.74, 6) is 0.593. The Morgan fingerprint density at radius 2 is 1.84 bits per heavy atom. The molecule has 0 saturated heterocycles. The van der Waals surface area contributed by atoms with E-state index in [4.69, 9.17) is 9.40 Å². The summed E-state index contributed by atoms with van der Waals surface area (Å²) < 4.78 is 6.22. The predicted octanol–water partition coefficient (Wildman–Crippen LogP) is 6.01. The fourth-order valence-electron chi connectivity index (χ4n) is 3.97. The zero-order valence-corrected chi connectivity index (χ0v) is 14.3. The maximum atomic E-state index is 6.22. The lowest BCUT2D eigenvalue weighted by atomic mass is 10.0. The van der Waals surface area contributed by atoms with Crippen LogP contribution in [-0.4, -0.2) is 9.97 Å². The first-order valence-corrected chi connectivity index (χ1v) is 9.05. The number of nitrogens with zero attached hydrogens (tertiary/aromatic N) is 2. The van der Waals surface area contributed by atoms with Gasteiger partial charge in [-0.15, -0.1) is 0 Å². The molecular weight excluding hydrogens is 308 g/mol. The molecule has 3 nitrogen and oxygen atoms in total. The van der Waals surface area contributed by atoms with Crippen molar-refractivity contribution in [3.8, 4) is 11.3 Å². The van der Waals surface area contributed by atoms with Crippen molar-refractivity contribution < 1.29 is 4.42 Å². The number of aromatic nitrogens is 2. The highest BCUT2D eigenvalue weighted by Gasteiger charge is 2.20. The van der Waals surface area contributed by atoms with E-state index in [1.807, 2.05) is 13.1 Å². The average Bonchev–Trinajstić information content (AvgIpc) is 3.29. The molecule has 3 heteroatoms. The van der Waals surface area contributed by atoms with E-state index in [2.05, 4.69) is 47.4 Å². The van der Waals surface area contributed by atoms with Crippen LogP contribution in [0.25, 0.3) is 33.3 Å². The van der Waals surface area contributed by atoms with Crippen LogP contribution in [0.15, 0.2) is 53.1 Å². The lowest BCUT2D eigenvalue weighted by molar-refractivity contribution is 0.638. The van der Waals surface area contributed by atoms with Crippen LogP contribution in [0.3, 0.4) is 0 Å². The molecule has 5 rings (SSSR count). The fourth-order valence-corrected chi connectivity index (χ4v) is 3.97. The lowest BCUT2D eigenvalue weighted by Crippen LogP contribution is -1.95. The summed E-state index contributed by atoms with van der Waals surface area (Å²) in [4.78, 5) is 9.43. The summed E-state index contributed by atoms with van der Waals surface area (Å²) in [7, 11) is 0. The van der Waals surface area contributed by atoms with Crippen LogP contribution in [0.4, 0.5) is 0 Å². The number of benzene rings is 1. The summed E-state index contributed by atoms with van der Waals surface area (Å²) in [5, 5.41) is 2.20. The smallest absolute Gasteiger partial charge is 0.227 e. The van der Waals surface area contributed by atoms with Crippen LogP contribution in [0.2, 0.25) is 0 Å². The zero-order valence-electron chi connectivity index (χ0n) is 14.3. The van der Waals surface area contributed by atoms with E-state index >= 15 is 0 Å². The van der Waals surface area contributed by atoms with Crippen molar-refractivity contribution in [3.63, 3.8) is 0 Å². The van der Waals surface area contributed by atoms with Crippen molar-refractivity contribution in [2.24, 2.45) is 0 Å². The van der Waals surface area contributed by atoms with Crippen LogP contribution in [0.5, 0.6) is 0 Å². The number of rotatable bonds is 2. The quantitative estimate of drug-likeness (QED) is 0.452. The van der Waals surface area contributed by atoms with Crippen LogP contribution >= 0.6 is 0 Å². The molecule has 1 saturated carbocycles. The van der Waals surface area contributed by atoms with Gasteiger partial charge in [-0.3, -0.25) is 4.98 Å². The number of pyridine rings is 2. The second-order valence-corrected chi connectivity index (χ2v) is 7.08. The second kappa shape index (κ2) is 5.69. The standard InChI is InChI=1S/C22H20N2O/c1-14-9-11-20(23-13-14)18-8-4-7-16-17-10-12-19(15-5-2-3-6-15)24-22(17)25-21(16)18/h4,7-13,15H,2-3,5-6H2,1H3. The highest BCUT2D eigenvalue weighted by molar-refractivity contribution is 6.08. The predicted molar refractivity (Wildman–Crippen MR) is 101 cm³/mol. The number of hydrogen-bond donors (Lipinski definition) is 0. The first-order valence-electron chi connectivity index (χ1n) is 9.05. The number of aryl methyl sites for hydroxylation is 1. The van der Waals surface area contributed by atoms with Gasteiger partial charge in [0.1, 0.15) is 5.58 Å². The minimum absolute atomic E-state index is 0.593. The van der Waals surface area contributed by atoms with E-state index in [1.54, 1.807) is 0 Å². The fraction of sp³-hybridized carbons (Fsp3) is 0.273. The Balaban J connectivity index is 1.70. The molecule has 25 heavy (non-hydrogen) atoms. The molecule has 1 aliphatic rings. The van der Waals surface area contributed by atoms with E-state index in [1.165, 1.54) is 31.4 Å². The molecule has 0 N–H and O–H groups in total. The molecule has 1 aliphatic carbocycles. The molecule has 1 aromatic carbocycles. The lowest BCUT2D eigenvalue weighted by Gasteiger charge is -2.06. The van der Waals surface area contributed by atoms with Gasteiger partial charge in [-0.2, -0.15) is 0 Å². The van der Waals surface area contributed by atoms with Gasteiger partial charge in [0.25, 0.3) is 0 Å². The van der Waals surface area contributed by atoms with Crippen molar-refractivity contribution in [1.29, 1.82) is 0 Å². The van der Waals surface area contributed by atoms with Gasteiger partial charge < -0.3 is 4.42 Å². The SMILES string of the molecule is Cc1ccc(-c2cccc3c2oc2nc(C4CCCC4)ccc23)nc1. The number of hydrogen-bond acceptors (Lipinski definition) is 3. The highest BCUT2D eigenvalue weighted by Crippen LogP contribution is 2.37. The zero-order chi connectivity index (χ0) is 16.8. The van der Waals surface area contributed by atoms with E-state index < -0.39 is 0 Å². The molecule has 1 fully saturated rings. The second-order valence-electron chi connectivity index (χ2n) is 7.08. The summed E-state index contributed by atoms with van der Waals surface area (Å²) in [6.45, 7) is 2.05. The van der Waals surface area contributed by atoms with Crippen LogP contribution in [-0.2, 0) is 0 Å². The van der Waals surface area contributed by atoms with Crippen LogP contribution in [0.1, 0.15) is 42.9 Å². The molecular formula is C22H20N2O. The Morgan fingerprint density at radius 1 is 0.960 bits per heavy atom. The molecule has 0 aliphatic heterocycles. The first-order chi connectivity index (χ1) is 12.3. The van der Waals surface area contributed by atoms with E-state index in [0.29, 0.717) is 5.92 Å². The van der Waals surface area contributed by atoms with E-state index in [9.17, 15) is 0 Å². The van der Waals surface area contributed by atoms with Crippen molar-refractivity contribution in [1.82, 2.24) is 9.97 Å². The molecule has 0 amide bonds. The normalized spacial score (nSPS) is 15.4. The van der Waals surface area contributed by atoms with Gasteiger partial charge in [0.15, 0.2) is 0 Å². The van der Waals surface area contributed by atoms with E-state index in [0.717, 1.165) is 38.9 Å². The molecule has 0 spiro atoms. The van der Waals surface area contributed by atoms with Gasteiger partial charge in [0.05, 0.1) is 5.69 Å². The van der Waals surface area contributed by atoms with Gasteiger partial charge in [-0.05, 0) is 49.6 Å². The Bertz CT molecular complexity index is 1060. The minimum Gasteiger partial charge on any atom is -0.437 e. The summed E-state index contributed by atoms with van der Waals surface area (Å²) in [5.41, 5.74) is 5.93. The molecule has 3 heterocycles. The summed E-state index contributed by atoms with van der Waals surface area (Å²) >= 11 is 0. The highest BCUT2D eigenvalue weighted by atomic mass is 16.3. The van der Waals surface area contributed by atoms with Crippen molar-refractivity contribution in [3.05, 3.63) is 59.9 Å². The molecule has 0 unspecified atom stereocenters. The third kappa shape index (κ3) is 2.42. The van der Waals surface area contributed by atoms with Gasteiger partial charge in [-0.25, -0.2) is 4.98 Å². The molecule has 0 radical (unpaired) electrons. The Kier molecular flexibility index (Phi) is 3.34. The molecule has 4 aromatic rings. The number of para-hydroxylation sites is 1. The maximum absolute atomic E-state index is 6.22. The van der Waals surface area contributed by atoms with E-state index in [-0.39, 0.29) is 0 Å². The van der Waals surface area contributed by atoms with Gasteiger partial charge in [-0.1, -0.05) is 31.0 Å². The third-order valence-corrected chi connectivity index (χ3v) is 5.35. The molecule has 0 atom stereocenters. The number of furan rings is 1. The largest absolute Gasteiger partial charge is 0.437 e. The minimum atomic E-state index is 0.593. The maximum Gasteiger partial charge on any atom is 0.227 e. The summed E-state index contributed by atoms with van der Waals surface area (Å²) in [6.07, 6.45) is 7.02. The van der Waals surface area contributed by atoms with Crippen LogP contribution < -0.4 is 0 Å². The van der Waals surface area contributed by atoms with Crippen molar-refractivity contribution in [2.45, 2.75) is 38.5 Å². The van der Waals surface area contributed by atoms with Crippen molar-refractivity contribution >= 4 is 22.1 Å². The first kappa shape index (κ1) is 14.6. The van der Waals surface area contributed by atoms with Crippen molar-refractivity contribution in [2.75, 3.05) is 0 Å². The Morgan fingerprint density at radius 3 is 2.64 bits per heavy atom. The summed E-state index contributed by atoms with van der Waals surface area (Å²) in [6, 6.07) is 14.7. The third-order valence-electron chi connectivity index (χ3n) is 5.35. The number of fused-ring (bicyclic) bond motifs is 3. The average molecular weight is 328 g/mol. The van der Waals surface area contributed by atoms with Gasteiger partial charge in [0, 0.05) is 34.1 Å². The van der Waals surface area contributed by atoms with Gasteiger partial charge >= 0.3 is 0 Å². The Hall–Kier alpha value is -2.68. The molecule has 124 valence electrons. The van der Waals surface area contributed by atoms with Crippen LogP contribution in [0, 0.1) is 6.92 Å². The monoisotopic (exact) mass is 328 g/mol. The Labute approximate surface area is 146 Å². The molecule has 3 aromatic heterocycles. The molecule has 0 bridgehead atoms. The topological polar surface area (TPSA) is 38.9 Å². The van der Waals surface area contributed by atoms with Gasteiger partial charge in [0.2, 0.25) is 5.71 Å².